The second-order valence-corrected chi connectivity index (χ2v) is 9.95. The fourth-order valence-electron chi connectivity index (χ4n) is 5.32. The van der Waals surface area contributed by atoms with Crippen LogP contribution in [0.25, 0.3) is 10.9 Å². The number of ketones is 1. The molecule has 0 N–H and O–H groups in total. The quantitative estimate of drug-likeness (QED) is 0.520. The summed E-state index contributed by atoms with van der Waals surface area (Å²) in [6.07, 6.45) is 4.42. The van der Waals surface area contributed by atoms with E-state index >= 15 is 0 Å². The van der Waals surface area contributed by atoms with Gasteiger partial charge in [0, 0.05) is 54.9 Å². The second kappa shape index (κ2) is 8.13. The van der Waals surface area contributed by atoms with Crippen LogP contribution in [0, 0.1) is 11.2 Å². The molecule has 1 aliphatic heterocycles. The molecule has 1 aliphatic carbocycles. The number of carbonyl (C=O) groups is 1. The Labute approximate surface area is 193 Å². The number of pyridine rings is 1. The van der Waals surface area contributed by atoms with Crippen molar-refractivity contribution >= 4 is 34.0 Å². The fraction of sp³-hybridized carbons (Fsp3) is 0.385. The summed E-state index contributed by atoms with van der Waals surface area (Å²) in [6, 6.07) is 14.6. The van der Waals surface area contributed by atoms with Crippen LogP contribution in [0.5, 0.6) is 0 Å². The Bertz CT molecular complexity index is 1150. The monoisotopic (exact) mass is 451 g/mol. The molecule has 0 bridgehead atoms. The number of rotatable bonds is 6. The highest BCUT2D eigenvalue weighted by Gasteiger charge is 2.54. The third kappa shape index (κ3) is 3.89. The number of nitrogens with zero attached hydrogens (tertiary/aromatic N) is 3. The molecule has 4 nitrogen and oxygen atoms in total. The molecule has 1 atom stereocenters. The van der Waals surface area contributed by atoms with Crippen molar-refractivity contribution in [3.63, 3.8) is 0 Å². The van der Waals surface area contributed by atoms with E-state index in [-0.39, 0.29) is 17.6 Å². The second-order valence-electron chi connectivity index (χ2n) is 9.52. The molecule has 1 aromatic heterocycles. The van der Waals surface area contributed by atoms with Crippen molar-refractivity contribution in [3.05, 3.63) is 71.1 Å². The minimum atomic E-state index is -0.239. The van der Waals surface area contributed by atoms with E-state index in [1.807, 2.05) is 37.3 Å². The number of benzene rings is 2. The summed E-state index contributed by atoms with van der Waals surface area (Å²) in [4.78, 5) is 21.7. The Kier molecular flexibility index (Phi) is 5.42. The number of Topliss-reactive ketones (excluding diaryl/α,β-unsaturated/α-hetero) is 1. The Morgan fingerprint density at radius 1 is 1.22 bits per heavy atom. The van der Waals surface area contributed by atoms with Crippen molar-refractivity contribution in [3.8, 4) is 0 Å². The minimum absolute atomic E-state index is 0.0693. The van der Waals surface area contributed by atoms with Crippen LogP contribution < -0.4 is 4.90 Å². The lowest BCUT2D eigenvalue weighted by atomic mass is 9.59. The third-order valence-corrected chi connectivity index (χ3v) is 7.58. The van der Waals surface area contributed by atoms with Gasteiger partial charge in [0.2, 0.25) is 0 Å². The first-order chi connectivity index (χ1) is 15.3. The van der Waals surface area contributed by atoms with Crippen molar-refractivity contribution in [2.75, 3.05) is 25.0 Å². The first-order valence-corrected chi connectivity index (χ1v) is 11.5. The number of halogens is 2. The first kappa shape index (κ1) is 21.4. The highest BCUT2D eigenvalue weighted by molar-refractivity contribution is 6.30. The Morgan fingerprint density at radius 3 is 2.66 bits per heavy atom. The minimum Gasteiger partial charge on any atom is -0.371 e. The number of hydrogen-bond donors (Lipinski definition) is 0. The lowest BCUT2D eigenvalue weighted by molar-refractivity contribution is -0.135. The molecule has 32 heavy (non-hydrogen) atoms. The molecule has 6 heteroatoms. The van der Waals surface area contributed by atoms with E-state index in [0.29, 0.717) is 22.9 Å². The van der Waals surface area contributed by atoms with Crippen LogP contribution in [-0.4, -0.2) is 47.9 Å². The van der Waals surface area contributed by atoms with Gasteiger partial charge in [-0.1, -0.05) is 23.7 Å². The summed E-state index contributed by atoms with van der Waals surface area (Å²) in [6.45, 7) is 3.96. The zero-order chi connectivity index (χ0) is 22.5. The maximum atomic E-state index is 13.8. The zero-order valence-electron chi connectivity index (χ0n) is 18.4. The SMILES string of the molecule is CC(C(=O)Cc1ccc(Cl)cc1)N1CC2(CC(N(C)c3ccnc4ccc(F)cc34)C2)C1. The van der Waals surface area contributed by atoms with Crippen molar-refractivity contribution in [2.45, 2.75) is 38.3 Å². The van der Waals surface area contributed by atoms with Crippen LogP contribution in [-0.2, 0) is 11.2 Å². The van der Waals surface area contributed by atoms with Gasteiger partial charge in [0.1, 0.15) is 5.82 Å². The molecule has 1 spiro atoms. The van der Waals surface area contributed by atoms with Crippen LogP contribution in [0.1, 0.15) is 25.3 Å². The summed E-state index contributed by atoms with van der Waals surface area (Å²) in [5.74, 6) is 0.0116. The Hall–Kier alpha value is -2.50. The van der Waals surface area contributed by atoms with Gasteiger partial charge >= 0.3 is 0 Å². The van der Waals surface area contributed by atoms with Crippen molar-refractivity contribution < 1.29 is 9.18 Å². The van der Waals surface area contributed by atoms with Crippen LogP contribution in [0.4, 0.5) is 10.1 Å². The van der Waals surface area contributed by atoms with Gasteiger partial charge in [0.05, 0.1) is 11.6 Å². The molecule has 2 aliphatic rings. The third-order valence-electron chi connectivity index (χ3n) is 7.33. The predicted octanol–water partition coefficient (Wildman–Crippen LogP) is 5.13. The number of anilines is 1. The summed E-state index contributed by atoms with van der Waals surface area (Å²) >= 11 is 5.94. The van der Waals surface area contributed by atoms with Crippen molar-refractivity contribution in [1.29, 1.82) is 0 Å². The molecule has 1 saturated carbocycles. The van der Waals surface area contributed by atoms with E-state index in [4.69, 9.17) is 11.6 Å². The van der Waals surface area contributed by atoms with Gasteiger partial charge in [-0.2, -0.15) is 0 Å². The molecule has 2 fully saturated rings. The number of fused-ring (bicyclic) bond motifs is 1. The average molecular weight is 452 g/mol. The molecule has 5 rings (SSSR count). The largest absolute Gasteiger partial charge is 0.371 e. The Morgan fingerprint density at radius 2 is 1.94 bits per heavy atom. The molecule has 166 valence electrons. The molecule has 2 aromatic carbocycles. The van der Waals surface area contributed by atoms with Gasteiger partial charge in [0.15, 0.2) is 5.78 Å². The van der Waals surface area contributed by atoms with Gasteiger partial charge in [-0.3, -0.25) is 14.7 Å². The molecule has 3 aromatic rings. The highest BCUT2D eigenvalue weighted by atomic mass is 35.5. The highest BCUT2D eigenvalue weighted by Crippen LogP contribution is 2.51. The number of aromatic nitrogens is 1. The molecule has 1 saturated heterocycles. The predicted molar refractivity (Wildman–Crippen MR) is 127 cm³/mol. The van der Waals surface area contributed by atoms with Gasteiger partial charge in [0.25, 0.3) is 0 Å². The van der Waals surface area contributed by atoms with E-state index < -0.39 is 0 Å². The molecular weight excluding hydrogens is 425 g/mol. The maximum Gasteiger partial charge on any atom is 0.154 e. The van der Waals surface area contributed by atoms with Crippen LogP contribution >= 0.6 is 11.6 Å². The lowest BCUT2D eigenvalue weighted by Gasteiger charge is -2.62. The molecular formula is C26H27ClFN3O. The molecule has 0 amide bonds. The summed E-state index contributed by atoms with van der Waals surface area (Å²) in [5.41, 5.74) is 3.15. The normalized spacial score (nSPS) is 18.9. The number of hydrogen-bond acceptors (Lipinski definition) is 4. The maximum absolute atomic E-state index is 13.8. The van der Waals surface area contributed by atoms with Crippen LogP contribution in [0.3, 0.4) is 0 Å². The van der Waals surface area contributed by atoms with Gasteiger partial charge in [-0.15, -0.1) is 0 Å². The van der Waals surface area contributed by atoms with E-state index in [0.717, 1.165) is 48.1 Å². The fourth-order valence-corrected chi connectivity index (χ4v) is 5.45. The van der Waals surface area contributed by atoms with E-state index in [1.165, 1.54) is 6.07 Å². The first-order valence-electron chi connectivity index (χ1n) is 11.1. The summed E-state index contributed by atoms with van der Waals surface area (Å²) in [7, 11) is 2.09. The molecule has 2 heterocycles. The summed E-state index contributed by atoms with van der Waals surface area (Å²) < 4.78 is 13.8. The van der Waals surface area contributed by atoms with Gasteiger partial charge in [-0.25, -0.2) is 4.39 Å². The van der Waals surface area contributed by atoms with E-state index in [1.54, 1.807) is 18.3 Å². The van der Waals surface area contributed by atoms with Gasteiger partial charge < -0.3 is 4.90 Å². The number of carbonyl (C=O) groups excluding carboxylic acids is 1. The number of likely N-dealkylation sites (tertiary alicyclic amines) is 1. The van der Waals surface area contributed by atoms with Crippen LogP contribution in [0.2, 0.25) is 5.02 Å². The zero-order valence-corrected chi connectivity index (χ0v) is 19.1. The van der Waals surface area contributed by atoms with Crippen molar-refractivity contribution in [1.82, 2.24) is 9.88 Å². The topological polar surface area (TPSA) is 36.4 Å². The summed E-state index contributed by atoms with van der Waals surface area (Å²) in [5, 5.41) is 1.54. The standard InChI is InChI=1S/C26H27ClFN3O/c1-17(25(32)11-18-3-5-19(27)6-4-18)31-15-26(16-31)13-21(14-26)30(2)24-9-10-29-23-8-7-20(28)12-22(23)24/h3-10,12,17,21H,11,13-16H2,1-2H3. The van der Waals surface area contributed by atoms with Gasteiger partial charge in [-0.05, 0) is 67.1 Å². The van der Waals surface area contributed by atoms with Crippen molar-refractivity contribution in [2.24, 2.45) is 5.41 Å². The average Bonchev–Trinajstić information content (AvgIpc) is 2.72. The molecule has 0 radical (unpaired) electrons. The Balaban J connectivity index is 1.17. The van der Waals surface area contributed by atoms with E-state index in [9.17, 15) is 9.18 Å². The van der Waals surface area contributed by atoms with Crippen LogP contribution in [0.15, 0.2) is 54.7 Å². The molecule has 1 unspecified atom stereocenters. The lowest BCUT2D eigenvalue weighted by Crippen LogP contribution is -2.68. The smallest absolute Gasteiger partial charge is 0.154 e. The van der Waals surface area contributed by atoms with E-state index in [2.05, 4.69) is 21.8 Å².